The van der Waals surface area contributed by atoms with E-state index in [0.29, 0.717) is 31.2 Å². The number of nitrogens with zero attached hydrogens (tertiary/aromatic N) is 2. The van der Waals surface area contributed by atoms with Crippen LogP contribution >= 0.6 is 0 Å². The Morgan fingerprint density at radius 1 is 1.00 bits per heavy atom. The number of phenols is 1. The summed E-state index contributed by atoms with van der Waals surface area (Å²) < 4.78 is 33.9. The summed E-state index contributed by atoms with van der Waals surface area (Å²) in [5, 5.41) is 10.5. The van der Waals surface area contributed by atoms with E-state index in [1.165, 1.54) is 0 Å². The van der Waals surface area contributed by atoms with Crippen LogP contribution in [0, 0.1) is 0 Å². The van der Waals surface area contributed by atoms with Gasteiger partial charge in [0, 0.05) is 30.5 Å². The van der Waals surface area contributed by atoms with Crippen molar-refractivity contribution in [2.75, 3.05) is 31.2 Å². The standard InChI is InChI=1S/C20H21N3O4S/c24-18-4-2-15(3-5-18)23-16-10-22(11-17(23)13-27-12-16)28(25,26)19-6-1-14-7-8-21-20(14)9-19/h1-9,16-17,21,24H,10-13H2. The molecule has 28 heavy (non-hydrogen) atoms. The minimum atomic E-state index is -3.59. The average Bonchev–Trinajstić information content (AvgIpc) is 3.15. The van der Waals surface area contributed by atoms with Crippen LogP contribution in [0.2, 0.25) is 0 Å². The minimum absolute atomic E-state index is 0.0685. The molecule has 3 aromatic rings. The lowest BCUT2D eigenvalue weighted by atomic mass is 10.0. The SMILES string of the molecule is O=S(=O)(c1ccc2cc[nH]c2c1)N1CC2COCC(C1)N2c1ccc(O)cc1. The number of aromatic hydroxyl groups is 1. The average molecular weight is 399 g/mol. The van der Waals surface area contributed by atoms with E-state index in [1.807, 2.05) is 24.3 Å². The van der Waals surface area contributed by atoms with Crippen molar-refractivity contribution in [3.05, 3.63) is 54.7 Å². The molecule has 0 aliphatic carbocycles. The maximum atomic E-state index is 13.3. The van der Waals surface area contributed by atoms with Gasteiger partial charge >= 0.3 is 0 Å². The van der Waals surface area contributed by atoms with Gasteiger partial charge in [-0.05, 0) is 47.9 Å². The van der Waals surface area contributed by atoms with Gasteiger partial charge in [-0.2, -0.15) is 4.31 Å². The molecule has 0 spiro atoms. The number of hydrogen-bond donors (Lipinski definition) is 2. The van der Waals surface area contributed by atoms with Gasteiger partial charge in [-0.15, -0.1) is 0 Å². The molecule has 2 atom stereocenters. The molecule has 0 saturated carbocycles. The highest BCUT2D eigenvalue weighted by Gasteiger charge is 2.42. The number of morpholine rings is 1. The highest BCUT2D eigenvalue weighted by molar-refractivity contribution is 7.89. The van der Waals surface area contributed by atoms with Crippen molar-refractivity contribution < 1.29 is 18.3 Å². The molecule has 2 bridgehead atoms. The zero-order valence-corrected chi connectivity index (χ0v) is 16.0. The molecule has 2 aliphatic rings. The molecular formula is C20H21N3O4S. The van der Waals surface area contributed by atoms with E-state index in [2.05, 4.69) is 9.88 Å². The Bertz CT molecular complexity index is 1100. The second-order valence-electron chi connectivity index (χ2n) is 7.32. The number of phenolic OH excluding ortho intramolecular Hbond substituents is 1. The number of benzene rings is 2. The Morgan fingerprint density at radius 3 is 2.43 bits per heavy atom. The lowest BCUT2D eigenvalue weighted by Crippen LogP contribution is -2.65. The summed E-state index contributed by atoms with van der Waals surface area (Å²) in [5.74, 6) is 0.214. The summed E-state index contributed by atoms with van der Waals surface area (Å²) in [6.07, 6.45) is 1.80. The zero-order chi connectivity index (χ0) is 19.3. The number of ether oxygens (including phenoxy) is 1. The van der Waals surface area contributed by atoms with Crippen LogP contribution < -0.4 is 4.90 Å². The van der Waals surface area contributed by atoms with Gasteiger partial charge in [0.05, 0.1) is 30.2 Å². The summed E-state index contributed by atoms with van der Waals surface area (Å²) >= 11 is 0. The first-order chi connectivity index (χ1) is 13.5. The highest BCUT2D eigenvalue weighted by atomic mass is 32.2. The summed E-state index contributed by atoms with van der Waals surface area (Å²) in [5.41, 5.74) is 1.79. The topological polar surface area (TPSA) is 85.9 Å². The molecule has 2 N–H and O–H groups in total. The third kappa shape index (κ3) is 2.85. The van der Waals surface area contributed by atoms with E-state index in [9.17, 15) is 13.5 Å². The normalized spacial score (nSPS) is 23.2. The summed E-state index contributed by atoms with van der Waals surface area (Å²) in [7, 11) is -3.59. The predicted octanol–water partition coefficient (Wildman–Crippen LogP) is 2.15. The van der Waals surface area contributed by atoms with E-state index in [4.69, 9.17) is 4.74 Å². The number of aromatic nitrogens is 1. The molecule has 0 amide bonds. The molecule has 146 valence electrons. The minimum Gasteiger partial charge on any atom is -0.508 e. The molecular weight excluding hydrogens is 378 g/mol. The first-order valence-electron chi connectivity index (χ1n) is 9.25. The molecule has 0 radical (unpaired) electrons. The van der Waals surface area contributed by atoms with Crippen LogP contribution in [-0.2, 0) is 14.8 Å². The predicted molar refractivity (Wildman–Crippen MR) is 106 cm³/mol. The highest BCUT2D eigenvalue weighted by Crippen LogP contribution is 2.32. The third-order valence-electron chi connectivity index (χ3n) is 5.55. The van der Waals surface area contributed by atoms with Crippen molar-refractivity contribution in [1.82, 2.24) is 9.29 Å². The number of nitrogens with one attached hydrogen (secondary N) is 1. The van der Waals surface area contributed by atoms with E-state index in [0.717, 1.165) is 16.6 Å². The van der Waals surface area contributed by atoms with Crippen molar-refractivity contribution in [3.8, 4) is 5.75 Å². The molecule has 8 heteroatoms. The van der Waals surface area contributed by atoms with Crippen molar-refractivity contribution in [2.24, 2.45) is 0 Å². The molecule has 2 aliphatic heterocycles. The van der Waals surface area contributed by atoms with Gasteiger partial charge in [0.25, 0.3) is 0 Å². The first kappa shape index (κ1) is 17.5. The second kappa shape index (κ2) is 6.51. The number of hydrogen-bond acceptors (Lipinski definition) is 5. The molecule has 7 nitrogen and oxygen atoms in total. The Kier molecular flexibility index (Phi) is 4.08. The van der Waals surface area contributed by atoms with Gasteiger partial charge in [0.1, 0.15) is 5.75 Å². The summed E-state index contributed by atoms with van der Waals surface area (Å²) in [6, 6.07) is 14.0. The smallest absolute Gasteiger partial charge is 0.243 e. The quantitative estimate of drug-likeness (QED) is 0.705. The number of anilines is 1. The molecule has 2 aromatic carbocycles. The van der Waals surface area contributed by atoms with Crippen LogP contribution in [0.25, 0.3) is 10.9 Å². The van der Waals surface area contributed by atoms with E-state index < -0.39 is 10.0 Å². The number of aromatic amines is 1. The molecule has 1 aromatic heterocycles. The maximum Gasteiger partial charge on any atom is 0.243 e. The fourth-order valence-corrected chi connectivity index (χ4v) is 5.75. The maximum absolute atomic E-state index is 13.3. The van der Waals surface area contributed by atoms with Crippen molar-refractivity contribution >= 4 is 26.6 Å². The fraction of sp³-hybridized carbons (Fsp3) is 0.300. The number of rotatable bonds is 3. The largest absolute Gasteiger partial charge is 0.508 e. The van der Waals surface area contributed by atoms with Crippen molar-refractivity contribution in [1.29, 1.82) is 0 Å². The van der Waals surface area contributed by atoms with Gasteiger partial charge in [-0.25, -0.2) is 8.42 Å². The van der Waals surface area contributed by atoms with Crippen LogP contribution in [0.15, 0.2) is 59.6 Å². The molecule has 5 rings (SSSR count). The van der Waals surface area contributed by atoms with Crippen LogP contribution in [-0.4, -0.2) is 61.2 Å². The number of piperazine rings is 1. The Labute approximate surface area is 163 Å². The van der Waals surface area contributed by atoms with E-state index in [1.54, 1.807) is 34.8 Å². The van der Waals surface area contributed by atoms with Crippen LogP contribution in [0.4, 0.5) is 5.69 Å². The van der Waals surface area contributed by atoms with Gasteiger partial charge in [-0.3, -0.25) is 0 Å². The lowest BCUT2D eigenvalue weighted by Gasteiger charge is -2.50. The summed E-state index contributed by atoms with van der Waals surface area (Å²) in [4.78, 5) is 5.61. The number of H-pyrrole nitrogens is 1. The number of fused-ring (bicyclic) bond motifs is 3. The second-order valence-corrected chi connectivity index (χ2v) is 9.26. The van der Waals surface area contributed by atoms with Crippen LogP contribution in [0.3, 0.4) is 0 Å². The molecule has 2 unspecified atom stereocenters. The third-order valence-corrected chi connectivity index (χ3v) is 7.38. The van der Waals surface area contributed by atoms with Gasteiger partial charge < -0.3 is 19.7 Å². The lowest BCUT2D eigenvalue weighted by molar-refractivity contribution is 0.0353. The molecule has 2 fully saturated rings. The van der Waals surface area contributed by atoms with Crippen molar-refractivity contribution in [2.45, 2.75) is 17.0 Å². The van der Waals surface area contributed by atoms with Gasteiger partial charge in [0.2, 0.25) is 10.0 Å². The van der Waals surface area contributed by atoms with Crippen LogP contribution in [0.1, 0.15) is 0 Å². The summed E-state index contributed by atoms with van der Waals surface area (Å²) in [6.45, 7) is 1.67. The van der Waals surface area contributed by atoms with E-state index in [-0.39, 0.29) is 17.8 Å². The Hall–Kier alpha value is -2.55. The molecule has 3 heterocycles. The fourth-order valence-electron chi connectivity index (χ4n) is 4.20. The Balaban J connectivity index is 1.45. The number of sulfonamides is 1. The zero-order valence-electron chi connectivity index (χ0n) is 15.2. The van der Waals surface area contributed by atoms with Gasteiger partial charge in [-0.1, -0.05) is 6.07 Å². The molecule has 2 saturated heterocycles. The van der Waals surface area contributed by atoms with Crippen molar-refractivity contribution in [3.63, 3.8) is 0 Å². The Morgan fingerprint density at radius 2 is 1.71 bits per heavy atom. The van der Waals surface area contributed by atoms with Gasteiger partial charge in [0.15, 0.2) is 0 Å². The van der Waals surface area contributed by atoms with Crippen LogP contribution in [0.5, 0.6) is 5.75 Å². The monoisotopic (exact) mass is 399 g/mol. The first-order valence-corrected chi connectivity index (χ1v) is 10.7. The van der Waals surface area contributed by atoms with E-state index >= 15 is 0 Å².